The van der Waals surface area contributed by atoms with Crippen LogP contribution in [0, 0.1) is 0 Å². The lowest BCUT2D eigenvalue weighted by Gasteiger charge is -2.19. The van der Waals surface area contributed by atoms with Gasteiger partial charge in [0.25, 0.3) is 0 Å². The number of nitrogens with one attached hydrogen (secondary N) is 1. The van der Waals surface area contributed by atoms with Gasteiger partial charge in [-0.05, 0) is 40.8 Å². The second kappa shape index (κ2) is 5.45. The van der Waals surface area contributed by atoms with Crippen molar-refractivity contribution >= 4 is 11.4 Å². The quantitative estimate of drug-likeness (QED) is 0.862. The molecule has 100 valence electrons. The monoisotopic (exact) mass is 254 g/mol. The minimum Gasteiger partial charge on any atom is -0.356 e. The molecular weight excluding hydrogens is 232 g/mol. The lowest BCUT2D eigenvalue weighted by molar-refractivity contribution is 0.590. The number of hydrogen-bond donors (Lipinski definition) is 2. The summed E-state index contributed by atoms with van der Waals surface area (Å²) in [6, 6.07) is 16.8. The molecule has 0 aliphatic heterocycles. The first-order valence-electron chi connectivity index (χ1n) is 6.65. The van der Waals surface area contributed by atoms with E-state index in [1.54, 1.807) is 0 Å². The highest BCUT2D eigenvalue weighted by atomic mass is 14.9. The molecule has 0 amide bonds. The van der Waals surface area contributed by atoms with Gasteiger partial charge in [0.05, 0.1) is 0 Å². The van der Waals surface area contributed by atoms with Crippen molar-refractivity contribution in [2.45, 2.75) is 32.7 Å². The van der Waals surface area contributed by atoms with E-state index >= 15 is 0 Å². The molecule has 2 rings (SSSR count). The molecule has 19 heavy (non-hydrogen) atoms. The summed E-state index contributed by atoms with van der Waals surface area (Å²) in [5.41, 5.74) is 10.5. The number of rotatable bonds is 3. The predicted octanol–water partition coefficient (Wildman–Crippen LogP) is 4.19. The molecule has 0 saturated carbocycles. The van der Waals surface area contributed by atoms with Gasteiger partial charge in [0.15, 0.2) is 0 Å². The van der Waals surface area contributed by atoms with Crippen molar-refractivity contribution in [2.24, 2.45) is 5.73 Å². The topological polar surface area (TPSA) is 38.0 Å². The molecule has 0 fully saturated rings. The maximum atomic E-state index is 5.59. The second-order valence-electron chi connectivity index (χ2n) is 5.85. The van der Waals surface area contributed by atoms with Crippen molar-refractivity contribution in [3.8, 4) is 0 Å². The number of benzene rings is 2. The van der Waals surface area contributed by atoms with Gasteiger partial charge >= 0.3 is 0 Å². The van der Waals surface area contributed by atoms with Crippen LogP contribution in [0.5, 0.6) is 0 Å². The fourth-order valence-electron chi connectivity index (χ4n) is 1.94. The van der Waals surface area contributed by atoms with Gasteiger partial charge < -0.3 is 11.1 Å². The Morgan fingerprint density at radius 2 is 1.32 bits per heavy atom. The molecule has 0 spiro atoms. The van der Waals surface area contributed by atoms with Crippen molar-refractivity contribution in [2.75, 3.05) is 5.32 Å². The van der Waals surface area contributed by atoms with E-state index in [2.05, 4.69) is 62.5 Å². The summed E-state index contributed by atoms with van der Waals surface area (Å²) in [6.07, 6.45) is 0. The van der Waals surface area contributed by atoms with Crippen molar-refractivity contribution in [3.63, 3.8) is 0 Å². The molecule has 3 N–H and O–H groups in total. The van der Waals surface area contributed by atoms with Crippen LogP contribution in [0.3, 0.4) is 0 Å². The molecule has 2 aromatic rings. The zero-order chi connectivity index (χ0) is 13.9. The van der Waals surface area contributed by atoms with Crippen LogP contribution in [0.15, 0.2) is 48.5 Å². The molecule has 0 aliphatic rings. The summed E-state index contributed by atoms with van der Waals surface area (Å²) in [7, 11) is 0. The van der Waals surface area contributed by atoms with Gasteiger partial charge in [-0.1, -0.05) is 45.0 Å². The summed E-state index contributed by atoms with van der Waals surface area (Å²) in [5, 5.41) is 3.39. The summed E-state index contributed by atoms with van der Waals surface area (Å²) >= 11 is 0. The van der Waals surface area contributed by atoms with Gasteiger partial charge in [-0.15, -0.1) is 0 Å². The standard InChI is InChI=1S/C17H22N2/c1-17(2,3)14-6-10-16(11-7-14)19-15-8-4-13(12-18)5-9-15/h4-11,19H,12,18H2,1-3H3. The van der Waals surface area contributed by atoms with Gasteiger partial charge in [-0.25, -0.2) is 0 Å². The van der Waals surface area contributed by atoms with Crippen LogP contribution in [0.25, 0.3) is 0 Å². The predicted molar refractivity (Wildman–Crippen MR) is 82.8 cm³/mol. The summed E-state index contributed by atoms with van der Waals surface area (Å²) in [5.74, 6) is 0. The number of nitrogens with two attached hydrogens (primary N) is 1. The average Bonchev–Trinajstić information content (AvgIpc) is 2.39. The fourth-order valence-corrected chi connectivity index (χ4v) is 1.94. The third kappa shape index (κ3) is 3.58. The molecule has 0 aliphatic carbocycles. The molecule has 0 bridgehead atoms. The fraction of sp³-hybridized carbons (Fsp3) is 0.294. The van der Waals surface area contributed by atoms with Gasteiger partial charge in [0.1, 0.15) is 0 Å². The van der Waals surface area contributed by atoms with Gasteiger partial charge in [0, 0.05) is 17.9 Å². The Hall–Kier alpha value is -1.80. The highest BCUT2D eigenvalue weighted by molar-refractivity contribution is 5.60. The SMILES string of the molecule is CC(C)(C)c1ccc(Nc2ccc(CN)cc2)cc1. The lowest BCUT2D eigenvalue weighted by atomic mass is 9.87. The maximum absolute atomic E-state index is 5.59. The van der Waals surface area contributed by atoms with Crippen LogP contribution in [-0.2, 0) is 12.0 Å². The Bertz CT molecular complexity index is 519. The molecule has 0 aromatic heterocycles. The van der Waals surface area contributed by atoms with E-state index < -0.39 is 0 Å². The Kier molecular flexibility index (Phi) is 3.91. The summed E-state index contributed by atoms with van der Waals surface area (Å²) in [6.45, 7) is 7.25. The zero-order valence-corrected chi connectivity index (χ0v) is 11.9. The third-order valence-electron chi connectivity index (χ3n) is 3.23. The molecular formula is C17H22N2. The highest BCUT2D eigenvalue weighted by Crippen LogP contribution is 2.24. The van der Waals surface area contributed by atoms with Gasteiger partial charge in [0.2, 0.25) is 0 Å². The van der Waals surface area contributed by atoms with Crippen LogP contribution in [0.1, 0.15) is 31.9 Å². The molecule has 0 unspecified atom stereocenters. The summed E-state index contributed by atoms with van der Waals surface area (Å²) < 4.78 is 0. The zero-order valence-electron chi connectivity index (χ0n) is 11.9. The van der Waals surface area contributed by atoms with Crippen LogP contribution in [0.2, 0.25) is 0 Å². The molecule has 0 saturated heterocycles. The van der Waals surface area contributed by atoms with E-state index in [0.717, 1.165) is 16.9 Å². The first-order valence-corrected chi connectivity index (χ1v) is 6.65. The largest absolute Gasteiger partial charge is 0.356 e. The number of anilines is 2. The van der Waals surface area contributed by atoms with E-state index in [9.17, 15) is 0 Å². The molecule has 2 nitrogen and oxygen atoms in total. The molecule has 2 aromatic carbocycles. The Balaban J connectivity index is 2.10. The van der Waals surface area contributed by atoms with E-state index in [1.165, 1.54) is 5.56 Å². The minimum atomic E-state index is 0.196. The third-order valence-corrected chi connectivity index (χ3v) is 3.23. The molecule has 0 atom stereocenters. The van der Waals surface area contributed by atoms with Crippen LogP contribution in [-0.4, -0.2) is 0 Å². The van der Waals surface area contributed by atoms with Crippen LogP contribution >= 0.6 is 0 Å². The number of hydrogen-bond acceptors (Lipinski definition) is 2. The Morgan fingerprint density at radius 1 is 0.842 bits per heavy atom. The van der Waals surface area contributed by atoms with Crippen molar-refractivity contribution in [1.29, 1.82) is 0 Å². The first-order chi connectivity index (χ1) is 8.99. The molecule has 0 heterocycles. The highest BCUT2D eigenvalue weighted by Gasteiger charge is 2.12. The van der Waals surface area contributed by atoms with E-state index in [0.29, 0.717) is 6.54 Å². The smallest absolute Gasteiger partial charge is 0.0384 e. The lowest BCUT2D eigenvalue weighted by Crippen LogP contribution is -2.10. The van der Waals surface area contributed by atoms with Crippen molar-refractivity contribution < 1.29 is 0 Å². The van der Waals surface area contributed by atoms with E-state index in [1.807, 2.05) is 12.1 Å². The van der Waals surface area contributed by atoms with E-state index in [-0.39, 0.29) is 5.41 Å². The maximum Gasteiger partial charge on any atom is 0.0384 e. The molecule has 2 heteroatoms. The second-order valence-corrected chi connectivity index (χ2v) is 5.85. The molecule has 0 radical (unpaired) electrons. The van der Waals surface area contributed by atoms with E-state index in [4.69, 9.17) is 5.73 Å². The summed E-state index contributed by atoms with van der Waals surface area (Å²) in [4.78, 5) is 0. The van der Waals surface area contributed by atoms with Gasteiger partial charge in [-0.2, -0.15) is 0 Å². The van der Waals surface area contributed by atoms with Crippen molar-refractivity contribution in [1.82, 2.24) is 0 Å². The Morgan fingerprint density at radius 3 is 1.74 bits per heavy atom. The van der Waals surface area contributed by atoms with Crippen LogP contribution < -0.4 is 11.1 Å². The minimum absolute atomic E-state index is 0.196. The van der Waals surface area contributed by atoms with Crippen molar-refractivity contribution in [3.05, 3.63) is 59.7 Å². The average molecular weight is 254 g/mol. The van der Waals surface area contributed by atoms with Crippen LogP contribution in [0.4, 0.5) is 11.4 Å². The first kappa shape index (κ1) is 13.6. The Labute approximate surface area is 115 Å². The van der Waals surface area contributed by atoms with Gasteiger partial charge in [-0.3, -0.25) is 0 Å². The normalized spacial score (nSPS) is 11.4.